The molecule has 1 amide bonds. The van der Waals surface area contributed by atoms with E-state index in [-0.39, 0.29) is 23.1 Å². The SMILES string of the molecule is CCC(CC)N(C)C(=O)c1ccc(C=CC(=O)O)c(F)c1. The van der Waals surface area contributed by atoms with Gasteiger partial charge in [-0.3, -0.25) is 4.79 Å². The van der Waals surface area contributed by atoms with Crippen molar-refractivity contribution in [2.24, 2.45) is 0 Å². The van der Waals surface area contributed by atoms with Crippen LogP contribution in [0.2, 0.25) is 0 Å². The Bertz CT molecular complexity index is 550. The van der Waals surface area contributed by atoms with Gasteiger partial charge in [-0.2, -0.15) is 0 Å². The zero-order chi connectivity index (χ0) is 16.0. The second kappa shape index (κ2) is 7.57. The van der Waals surface area contributed by atoms with Gasteiger partial charge < -0.3 is 10.0 Å². The molecule has 21 heavy (non-hydrogen) atoms. The summed E-state index contributed by atoms with van der Waals surface area (Å²) in [4.78, 5) is 24.3. The first kappa shape index (κ1) is 16.9. The fraction of sp³-hybridized carbons (Fsp3) is 0.375. The van der Waals surface area contributed by atoms with E-state index in [0.717, 1.165) is 31.1 Å². The van der Waals surface area contributed by atoms with Gasteiger partial charge in [0.15, 0.2) is 0 Å². The van der Waals surface area contributed by atoms with E-state index in [0.29, 0.717) is 0 Å². The van der Waals surface area contributed by atoms with Crippen LogP contribution in [-0.4, -0.2) is 35.0 Å². The van der Waals surface area contributed by atoms with Crippen LogP contribution in [0.15, 0.2) is 24.3 Å². The normalized spacial score (nSPS) is 11.1. The van der Waals surface area contributed by atoms with Gasteiger partial charge in [0.25, 0.3) is 5.91 Å². The summed E-state index contributed by atoms with van der Waals surface area (Å²) in [5, 5.41) is 8.53. The fourth-order valence-corrected chi connectivity index (χ4v) is 2.16. The van der Waals surface area contributed by atoms with Crippen molar-refractivity contribution in [3.05, 3.63) is 41.2 Å². The lowest BCUT2D eigenvalue weighted by molar-refractivity contribution is -0.131. The largest absolute Gasteiger partial charge is 0.478 e. The van der Waals surface area contributed by atoms with Crippen LogP contribution in [0.5, 0.6) is 0 Å². The van der Waals surface area contributed by atoms with Crippen LogP contribution in [0.1, 0.15) is 42.6 Å². The summed E-state index contributed by atoms with van der Waals surface area (Å²) in [5.74, 6) is -2.00. The lowest BCUT2D eigenvalue weighted by Crippen LogP contribution is -2.36. The number of benzene rings is 1. The predicted octanol–water partition coefficient (Wildman–Crippen LogP) is 3.18. The number of carbonyl (C=O) groups is 2. The minimum atomic E-state index is -1.15. The quantitative estimate of drug-likeness (QED) is 0.819. The highest BCUT2D eigenvalue weighted by Crippen LogP contribution is 2.16. The minimum absolute atomic E-state index is 0.118. The van der Waals surface area contributed by atoms with Crippen molar-refractivity contribution in [2.75, 3.05) is 7.05 Å². The van der Waals surface area contributed by atoms with Crippen molar-refractivity contribution in [3.8, 4) is 0 Å². The lowest BCUT2D eigenvalue weighted by Gasteiger charge is -2.26. The third kappa shape index (κ3) is 4.41. The number of amides is 1. The topological polar surface area (TPSA) is 57.6 Å². The smallest absolute Gasteiger partial charge is 0.328 e. The van der Waals surface area contributed by atoms with Crippen LogP contribution in [0.4, 0.5) is 4.39 Å². The van der Waals surface area contributed by atoms with Crippen molar-refractivity contribution in [3.63, 3.8) is 0 Å². The molecule has 0 fully saturated rings. The summed E-state index contributed by atoms with van der Waals surface area (Å²) in [6, 6.07) is 4.17. The Morgan fingerprint density at radius 1 is 1.33 bits per heavy atom. The van der Waals surface area contributed by atoms with Crippen molar-refractivity contribution >= 4 is 18.0 Å². The molecule has 114 valence electrons. The fourth-order valence-electron chi connectivity index (χ4n) is 2.16. The third-order valence-corrected chi connectivity index (χ3v) is 3.46. The number of carboxylic acids is 1. The summed E-state index contributed by atoms with van der Waals surface area (Å²) < 4.78 is 13.9. The van der Waals surface area contributed by atoms with Crippen LogP contribution in [0.3, 0.4) is 0 Å². The average molecular weight is 293 g/mol. The molecule has 0 radical (unpaired) electrons. The molecule has 0 spiro atoms. The van der Waals surface area contributed by atoms with Crippen molar-refractivity contribution in [1.29, 1.82) is 0 Å². The Labute approximate surface area is 123 Å². The molecule has 1 aromatic rings. The third-order valence-electron chi connectivity index (χ3n) is 3.46. The molecule has 5 heteroatoms. The Morgan fingerprint density at radius 2 is 1.95 bits per heavy atom. The van der Waals surface area contributed by atoms with E-state index in [1.165, 1.54) is 12.1 Å². The summed E-state index contributed by atoms with van der Waals surface area (Å²) in [5.41, 5.74) is 0.397. The van der Waals surface area contributed by atoms with Gasteiger partial charge in [-0.25, -0.2) is 9.18 Å². The number of carboxylic acid groups (broad SMARTS) is 1. The molecular weight excluding hydrogens is 273 g/mol. The molecule has 0 atom stereocenters. The second-order valence-corrected chi connectivity index (χ2v) is 4.79. The summed E-state index contributed by atoms with van der Waals surface area (Å²) >= 11 is 0. The van der Waals surface area contributed by atoms with Gasteiger partial charge in [0.05, 0.1) is 0 Å². The average Bonchev–Trinajstić information content (AvgIpc) is 2.46. The monoisotopic (exact) mass is 293 g/mol. The first-order valence-corrected chi connectivity index (χ1v) is 6.88. The van der Waals surface area contributed by atoms with Crippen LogP contribution in [0, 0.1) is 5.82 Å². The number of halogens is 1. The van der Waals surface area contributed by atoms with Crippen LogP contribution < -0.4 is 0 Å². The van der Waals surface area contributed by atoms with Gasteiger partial charge in [-0.15, -0.1) is 0 Å². The Kier molecular flexibility index (Phi) is 6.09. The van der Waals surface area contributed by atoms with E-state index in [4.69, 9.17) is 5.11 Å². The predicted molar refractivity (Wildman–Crippen MR) is 79.5 cm³/mol. The van der Waals surface area contributed by atoms with E-state index in [1.54, 1.807) is 11.9 Å². The molecule has 0 aliphatic heterocycles. The van der Waals surface area contributed by atoms with Crippen molar-refractivity contribution < 1.29 is 19.1 Å². The molecule has 4 nitrogen and oxygen atoms in total. The van der Waals surface area contributed by atoms with Gasteiger partial charge >= 0.3 is 5.97 Å². The van der Waals surface area contributed by atoms with E-state index in [2.05, 4.69) is 0 Å². The lowest BCUT2D eigenvalue weighted by atomic mass is 10.1. The molecule has 0 bridgehead atoms. The molecule has 1 aromatic carbocycles. The van der Waals surface area contributed by atoms with E-state index >= 15 is 0 Å². The number of hydrogen-bond donors (Lipinski definition) is 1. The minimum Gasteiger partial charge on any atom is -0.478 e. The maximum atomic E-state index is 13.9. The van der Waals surface area contributed by atoms with E-state index in [9.17, 15) is 14.0 Å². The first-order valence-electron chi connectivity index (χ1n) is 6.88. The highest BCUT2D eigenvalue weighted by molar-refractivity contribution is 5.94. The zero-order valence-electron chi connectivity index (χ0n) is 12.5. The van der Waals surface area contributed by atoms with E-state index < -0.39 is 11.8 Å². The molecule has 0 aliphatic rings. The second-order valence-electron chi connectivity index (χ2n) is 4.79. The molecule has 0 aliphatic carbocycles. The van der Waals surface area contributed by atoms with Gasteiger partial charge in [-0.1, -0.05) is 19.9 Å². The molecule has 0 saturated carbocycles. The molecule has 0 unspecified atom stereocenters. The van der Waals surface area contributed by atoms with Crippen LogP contribution in [-0.2, 0) is 4.79 Å². The number of aliphatic carboxylic acids is 1. The van der Waals surface area contributed by atoms with E-state index in [1.807, 2.05) is 13.8 Å². The molecular formula is C16H20FNO3. The Balaban J connectivity index is 2.98. The first-order chi connectivity index (χ1) is 9.90. The maximum absolute atomic E-state index is 13.9. The highest BCUT2D eigenvalue weighted by Gasteiger charge is 2.19. The summed E-state index contributed by atoms with van der Waals surface area (Å²) in [7, 11) is 1.70. The molecule has 1 rings (SSSR count). The van der Waals surface area contributed by atoms with Crippen molar-refractivity contribution in [2.45, 2.75) is 32.7 Å². The summed E-state index contributed by atoms with van der Waals surface area (Å²) in [6.07, 6.45) is 3.69. The molecule has 0 aromatic heterocycles. The Morgan fingerprint density at radius 3 is 2.43 bits per heavy atom. The molecule has 0 heterocycles. The van der Waals surface area contributed by atoms with Crippen LogP contribution in [0.25, 0.3) is 6.08 Å². The molecule has 1 N–H and O–H groups in total. The molecule has 0 saturated heterocycles. The number of rotatable bonds is 6. The van der Waals surface area contributed by atoms with Crippen molar-refractivity contribution in [1.82, 2.24) is 4.90 Å². The van der Waals surface area contributed by atoms with Crippen LogP contribution >= 0.6 is 0 Å². The number of nitrogens with zero attached hydrogens (tertiary/aromatic N) is 1. The Hall–Kier alpha value is -2.17. The standard InChI is InChI=1S/C16H20FNO3/c1-4-13(5-2)18(3)16(21)12-7-6-11(14(17)10-12)8-9-15(19)20/h6-10,13H,4-5H2,1-3H3,(H,19,20). The number of hydrogen-bond acceptors (Lipinski definition) is 2. The summed E-state index contributed by atoms with van der Waals surface area (Å²) in [6.45, 7) is 4.00. The zero-order valence-corrected chi connectivity index (χ0v) is 12.5. The number of carbonyl (C=O) groups excluding carboxylic acids is 1. The van der Waals surface area contributed by atoms with Gasteiger partial charge in [0.1, 0.15) is 5.82 Å². The van der Waals surface area contributed by atoms with Gasteiger partial charge in [0.2, 0.25) is 0 Å². The highest BCUT2D eigenvalue weighted by atomic mass is 19.1. The van der Waals surface area contributed by atoms with Gasteiger partial charge in [0, 0.05) is 30.3 Å². The van der Waals surface area contributed by atoms with Gasteiger partial charge in [-0.05, 0) is 31.1 Å². The maximum Gasteiger partial charge on any atom is 0.328 e.